The highest BCUT2D eigenvalue weighted by molar-refractivity contribution is 5.83. The van der Waals surface area contributed by atoms with Crippen molar-refractivity contribution in [2.45, 2.75) is 44.2 Å². The minimum absolute atomic E-state index is 0.0168. The van der Waals surface area contributed by atoms with Gasteiger partial charge in [0.1, 0.15) is 6.04 Å². The summed E-state index contributed by atoms with van der Waals surface area (Å²) in [7, 11) is 0. The van der Waals surface area contributed by atoms with Crippen LogP contribution in [0, 0.1) is 0 Å². The molecule has 7 heteroatoms. The highest BCUT2D eigenvalue weighted by Crippen LogP contribution is 2.15. The van der Waals surface area contributed by atoms with Gasteiger partial charge in [0.05, 0.1) is 25.4 Å². The smallest absolute Gasteiger partial charge is 0.240 e. The largest absolute Gasteiger partial charge is 0.379 e. The SMILES string of the molecule is CC1NNNC1C(=O)N[C@@H]1COCC[C@@H]1OCc1ccccc1. The first-order chi connectivity index (χ1) is 11.2. The molecule has 2 aliphatic rings. The molecule has 1 aromatic rings. The van der Waals surface area contributed by atoms with Crippen LogP contribution >= 0.6 is 0 Å². The second-order valence-electron chi connectivity index (χ2n) is 5.99. The maximum Gasteiger partial charge on any atom is 0.240 e. The average molecular weight is 320 g/mol. The number of ether oxygens (including phenoxy) is 2. The van der Waals surface area contributed by atoms with Gasteiger partial charge in [-0.25, -0.2) is 10.9 Å². The van der Waals surface area contributed by atoms with E-state index in [1.807, 2.05) is 37.3 Å². The summed E-state index contributed by atoms with van der Waals surface area (Å²) in [5.41, 5.74) is 9.78. The van der Waals surface area contributed by atoms with Crippen molar-refractivity contribution in [2.24, 2.45) is 0 Å². The number of carbonyl (C=O) groups excluding carboxylic acids is 1. The Balaban J connectivity index is 1.54. The highest BCUT2D eigenvalue weighted by atomic mass is 16.5. The molecule has 23 heavy (non-hydrogen) atoms. The van der Waals surface area contributed by atoms with Crippen molar-refractivity contribution in [3.05, 3.63) is 35.9 Å². The Labute approximate surface area is 136 Å². The quantitative estimate of drug-likeness (QED) is 0.604. The maximum absolute atomic E-state index is 12.4. The number of hydrazine groups is 2. The number of amides is 1. The van der Waals surface area contributed by atoms with Gasteiger partial charge in [0.2, 0.25) is 5.91 Å². The van der Waals surface area contributed by atoms with E-state index in [-0.39, 0.29) is 30.1 Å². The van der Waals surface area contributed by atoms with Gasteiger partial charge < -0.3 is 14.8 Å². The topological polar surface area (TPSA) is 83.7 Å². The molecule has 0 radical (unpaired) electrons. The second kappa shape index (κ2) is 7.85. The average Bonchev–Trinajstić information content (AvgIpc) is 3.01. The van der Waals surface area contributed by atoms with Gasteiger partial charge in [0, 0.05) is 12.6 Å². The number of hydrogen-bond donors (Lipinski definition) is 4. The summed E-state index contributed by atoms with van der Waals surface area (Å²) in [6.07, 6.45) is 0.743. The Morgan fingerprint density at radius 3 is 2.91 bits per heavy atom. The van der Waals surface area contributed by atoms with Crippen LogP contribution in [0.1, 0.15) is 18.9 Å². The Morgan fingerprint density at radius 2 is 2.17 bits per heavy atom. The zero-order valence-corrected chi connectivity index (χ0v) is 13.2. The summed E-state index contributed by atoms with van der Waals surface area (Å²) in [5.74, 6) is -0.0567. The summed E-state index contributed by atoms with van der Waals surface area (Å²) < 4.78 is 11.5. The zero-order chi connectivity index (χ0) is 16.1. The Kier molecular flexibility index (Phi) is 5.58. The first-order valence-electron chi connectivity index (χ1n) is 8.04. The number of nitrogens with one attached hydrogen (secondary N) is 4. The lowest BCUT2D eigenvalue weighted by atomic mass is 10.0. The maximum atomic E-state index is 12.4. The molecule has 2 saturated heterocycles. The normalized spacial score (nSPS) is 31.0. The zero-order valence-electron chi connectivity index (χ0n) is 13.2. The van der Waals surface area contributed by atoms with Crippen molar-refractivity contribution in [2.75, 3.05) is 13.2 Å². The minimum atomic E-state index is -0.313. The molecule has 1 amide bonds. The molecule has 3 rings (SSSR count). The molecule has 2 fully saturated rings. The van der Waals surface area contributed by atoms with Crippen LogP contribution < -0.4 is 21.7 Å². The lowest BCUT2D eigenvalue weighted by Gasteiger charge is -2.33. The van der Waals surface area contributed by atoms with Crippen molar-refractivity contribution in [1.82, 2.24) is 21.7 Å². The minimum Gasteiger partial charge on any atom is -0.379 e. The molecule has 0 aromatic heterocycles. The molecule has 2 aliphatic heterocycles. The third-order valence-electron chi connectivity index (χ3n) is 4.24. The van der Waals surface area contributed by atoms with Crippen molar-refractivity contribution in [3.8, 4) is 0 Å². The third-order valence-corrected chi connectivity index (χ3v) is 4.24. The van der Waals surface area contributed by atoms with Crippen LogP contribution in [0.25, 0.3) is 0 Å². The van der Waals surface area contributed by atoms with Crippen LogP contribution in [0.15, 0.2) is 30.3 Å². The summed E-state index contributed by atoms with van der Waals surface area (Å²) in [5, 5.41) is 3.05. The van der Waals surface area contributed by atoms with Crippen LogP contribution in [0.2, 0.25) is 0 Å². The molecular formula is C16H24N4O3. The molecule has 0 aliphatic carbocycles. The van der Waals surface area contributed by atoms with Crippen LogP contribution in [0.3, 0.4) is 0 Å². The van der Waals surface area contributed by atoms with Gasteiger partial charge in [-0.05, 0) is 18.9 Å². The molecular weight excluding hydrogens is 296 g/mol. The van der Waals surface area contributed by atoms with Gasteiger partial charge in [0.25, 0.3) is 0 Å². The van der Waals surface area contributed by atoms with Crippen LogP contribution in [-0.2, 0) is 20.9 Å². The Bertz CT molecular complexity index is 513. The van der Waals surface area contributed by atoms with Crippen LogP contribution in [0.5, 0.6) is 0 Å². The number of benzene rings is 1. The fourth-order valence-corrected chi connectivity index (χ4v) is 2.84. The van der Waals surface area contributed by atoms with E-state index >= 15 is 0 Å². The molecule has 1 aromatic carbocycles. The van der Waals surface area contributed by atoms with Crippen molar-refractivity contribution in [3.63, 3.8) is 0 Å². The van der Waals surface area contributed by atoms with E-state index in [0.29, 0.717) is 19.8 Å². The molecule has 0 bridgehead atoms. The first-order valence-corrected chi connectivity index (χ1v) is 8.04. The highest BCUT2D eigenvalue weighted by Gasteiger charge is 2.34. The summed E-state index contributed by atoms with van der Waals surface area (Å²) in [4.78, 5) is 12.4. The van der Waals surface area contributed by atoms with Gasteiger partial charge in [-0.15, -0.1) is 0 Å². The van der Waals surface area contributed by atoms with E-state index in [0.717, 1.165) is 12.0 Å². The van der Waals surface area contributed by atoms with Gasteiger partial charge in [-0.2, -0.15) is 5.53 Å². The van der Waals surface area contributed by atoms with Gasteiger partial charge in [0.15, 0.2) is 0 Å². The van der Waals surface area contributed by atoms with E-state index in [1.165, 1.54) is 0 Å². The molecule has 0 spiro atoms. The summed E-state index contributed by atoms with van der Waals surface area (Å²) in [6.45, 7) is 3.62. The van der Waals surface area contributed by atoms with E-state index in [9.17, 15) is 4.79 Å². The monoisotopic (exact) mass is 320 g/mol. The van der Waals surface area contributed by atoms with Gasteiger partial charge in [-0.1, -0.05) is 30.3 Å². The standard InChI is InChI=1S/C16H24N4O3/c1-11-15(19-20-18-11)16(21)17-13-10-22-8-7-14(13)23-9-12-5-3-2-4-6-12/h2-6,11,13-15,18-20H,7-10H2,1H3,(H,17,21)/t11?,13-,14+,15?/m1/s1. The van der Waals surface area contributed by atoms with Crippen LogP contribution in [0.4, 0.5) is 0 Å². The predicted molar refractivity (Wildman–Crippen MR) is 85.0 cm³/mol. The molecule has 4 atom stereocenters. The summed E-state index contributed by atoms with van der Waals surface area (Å²) >= 11 is 0. The van der Waals surface area contributed by atoms with Crippen molar-refractivity contribution >= 4 is 5.91 Å². The first kappa shape index (κ1) is 16.4. The number of carbonyl (C=O) groups is 1. The van der Waals surface area contributed by atoms with Crippen molar-refractivity contribution < 1.29 is 14.3 Å². The predicted octanol–water partition coefficient (Wildman–Crippen LogP) is -0.154. The molecule has 2 heterocycles. The fourth-order valence-electron chi connectivity index (χ4n) is 2.84. The molecule has 2 unspecified atom stereocenters. The van der Waals surface area contributed by atoms with Gasteiger partial charge in [-0.3, -0.25) is 4.79 Å². The number of hydrogen-bond acceptors (Lipinski definition) is 6. The van der Waals surface area contributed by atoms with E-state index in [4.69, 9.17) is 9.47 Å². The molecule has 126 valence electrons. The lowest BCUT2D eigenvalue weighted by Crippen LogP contribution is -2.56. The van der Waals surface area contributed by atoms with Crippen LogP contribution in [-0.4, -0.2) is 43.4 Å². The molecule has 4 N–H and O–H groups in total. The second-order valence-corrected chi connectivity index (χ2v) is 5.99. The van der Waals surface area contributed by atoms with Crippen molar-refractivity contribution in [1.29, 1.82) is 0 Å². The number of rotatable bonds is 5. The molecule has 0 saturated carbocycles. The van der Waals surface area contributed by atoms with Gasteiger partial charge >= 0.3 is 0 Å². The lowest BCUT2D eigenvalue weighted by molar-refractivity contribution is -0.128. The fraction of sp³-hybridized carbons (Fsp3) is 0.562. The third kappa shape index (κ3) is 4.27. The summed E-state index contributed by atoms with van der Waals surface area (Å²) in [6, 6.07) is 9.62. The van der Waals surface area contributed by atoms with E-state index in [1.54, 1.807) is 0 Å². The van der Waals surface area contributed by atoms with E-state index < -0.39 is 0 Å². The Hall–Kier alpha value is -1.51. The van der Waals surface area contributed by atoms with E-state index in [2.05, 4.69) is 21.7 Å². The molecule has 7 nitrogen and oxygen atoms in total. The Morgan fingerprint density at radius 1 is 1.35 bits per heavy atom.